The third-order valence-electron chi connectivity index (χ3n) is 0.243. The van der Waals surface area contributed by atoms with Gasteiger partial charge in [-0.2, -0.15) is 18.4 Å². The van der Waals surface area contributed by atoms with Crippen LogP contribution < -0.4 is 0 Å². The van der Waals surface area contributed by atoms with Crippen LogP contribution >= 0.6 is 12.6 Å². The lowest BCUT2D eigenvalue weighted by Crippen LogP contribution is -2.21. The Morgan fingerprint density at radius 3 is 1.70 bits per heavy atom. The Morgan fingerprint density at radius 1 is 1.60 bits per heavy atom. The van der Waals surface area contributed by atoms with Gasteiger partial charge in [0, 0.05) is 0 Å². The van der Waals surface area contributed by atoms with E-state index in [2.05, 4.69) is 12.6 Å². The van der Waals surface area contributed by atoms with Crippen LogP contribution in [0.2, 0.25) is 0 Å². The van der Waals surface area contributed by atoms with E-state index < -0.39 is 12.1 Å². The quantitative estimate of drug-likeness (QED) is 0.424. The second-order valence-corrected chi connectivity index (χ2v) is 1.10. The first-order valence-electron chi connectivity index (χ1n) is 1.69. The molecule has 1 N–H and O–H groups in total. The molecule has 10 heavy (non-hydrogen) atoms. The van der Waals surface area contributed by atoms with Crippen molar-refractivity contribution in [1.82, 2.24) is 0 Å². The van der Waals surface area contributed by atoms with Crippen molar-refractivity contribution in [3.63, 3.8) is 0 Å². The number of nitriles is 1. The van der Waals surface area contributed by atoms with E-state index in [9.17, 15) is 13.2 Å². The highest BCUT2D eigenvalue weighted by Gasteiger charge is 2.38. The molecule has 0 amide bonds. The minimum absolute atomic E-state index is 1.44. The molecule has 0 rings (SSSR count). The van der Waals surface area contributed by atoms with Gasteiger partial charge in [0.15, 0.2) is 0 Å². The summed E-state index contributed by atoms with van der Waals surface area (Å²) >= 11 is 3.09. The summed E-state index contributed by atoms with van der Waals surface area (Å²) in [4.78, 5) is 8.90. The largest absolute Gasteiger partial charge is 0.490 e. The molecule has 0 atom stereocenters. The first-order valence-corrected chi connectivity index (χ1v) is 2.14. The van der Waals surface area contributed by atoms with Crippen molar-refractivity contribution in [1.29, 1.82) is 5.26 Å². The molecule has 0 aromatic rings. The van der Waals surface area contributed by atoms with Gasteiger partial charge in [-0.15, -0.1) is 0 Å². The van der Waals surface area contributed by atoms with Crippen LogP contribution in [0.1, 0.15) is 0 Å². The maximum Gasteiger partial charge on any atom is 0.490 e. The van der Waals surface area contributed by atoms with Gasteiger partial charge < -0.3 is 5.11 Å². The number of aliphatic carboxylic acids is 1. The molecule has 0 radical (unpaired) electrons. The third kappa shape index (κ3) is 10.2. The highest BCUT2D eigenvalue weighted by atomic mass is 32.1. The highest BCUT2D eigenvalue weighted by Crippen LogP contribution is 2.13. The molecule has 58 valence electrons. The van der Waals surface area contributed by atoms with Gasteiger partial charge in [0.2, 0.25) is 0 Å². The molecule has 0 saturated carbocycles. The minimum Gasteiger partial charge on any atom is -0.475 e. The molecule has 0 fully saturated rings. The van der Waals surface area contributed by atoms with Crippen LogP contribution in [0.5, 0.6) is 0 Å². The van der Waals surface area contributed by atoms with E-state index in [1.807, 2.05) is 0 Å². The number of thiocyanates is 1. The number of carboxylic acid groups (broad SMARTS) is 1. The Morgan fingerprint density at radius 2 is 1.70 bits per heavy atom. The molecule has 7 heteroatoms. The first kappa shape index (κ1) is 11.8. The molecule has 0 aromatic heterocycles. The average Bonchev–Trinajstić information content (AvgIpc) is 1.64. The fourth-order valence-corrected chi connectivity index (χ4v) is 0. The first-order chi connectivity index (χ1) is 4.36. The molecule has 0 unspecified atom stereocenters. The molecular weight excluding hydrogens is 171 g/mol. The number of rotatable bonds is 0. The van der Waals surface area contributed by atoms with E-state index >= 15 is 0 Å². The van der Waals surface area contributed by atoms with Crippen LogP contribution in [0.15, 0.2) is 0 Å². The normalized spacial score (nSPS) is 8.70. The van der Waals surface area contributed by atoms with Crippen LogP contribution in [-0.2, 0) is 4.79 Å². The summed E-state index contributed by atoms with van der Waals surface area (Å²) in [6.45, 7) is 0. The lowest BCUT2D eigenvalue weighted by atomic mass is 10.7. The Kier molecular flexibility index (Phi) is 5.84. The number of halogens is 3. The third-order valence-corrected chi connectivity index (χ3v) is 0.243. The zero-order chi connectivity index (χ0) is 8.78. The number of carboxylic acids is 1. The number of thiol groups is 1. The molecule has 3 nitrogen and oxygen atoms in total. The summed E-state index contributed by atoms with van der Waals surface area (Å²) in [5.74, 6) is -2.76. The number of alkyl halides is 3. The summed E-state index contributed by atoms with van der Waals surface area (Å²) < 4.78 is 31.7. The predicted molar refractivity (Wildman–Crippen MR) is 28.3 cm³/mol. The second-order valence-electron chi connectivity index (χ2n) is 0.903. The van der Waals surface area contributed by atoms with Crippen molar-refractivity contribution in [3.8, 4) is 5.40 Å². The summed E-state index contributed by atoms with van der Waals surface area (Å²) in [6, 6.07) is 0. The molecular formula is C3H2F3NO2S. The van der Waals surface area contributed by atoms with E-state index in [1.165, 1.54) is 5.40 Å². The van der Waals surface area contributed by atoms with Crippen molar-refractivity contribution in [3.05, 3.63) is 0 Å². The van der Waals surface area contributed by atoms with Crippen molar-refractivity contribution in [2.45, 2.75) is 6.18 Å². The predicted octanol–water partition coefficient (Wildman–Crippen LogP) is 1.03. The molecule has 0 aliphatic carbocycles. The van der Waals surface area contributed by atoms with Crippen LogP contribution in [0.3, 0.4) is 0 Å². The van der Waals surface area contributed by atoms with E-state index in [4.69, 9.17) is 15.2 Å². The fourth-order valence-electron chi connectivity index (χ4n) is 0. The highest BCUT2D eigenvalue weighted by molar-refractivity contribution is 7.85. The number of nitrogens with zero attached hydrogens (tertiary/aromatic N) is 1. The number of carbonyl (C=O) groups is 1. The monoisotopic (exact) mass is 173 g/mol. The maximum atomic E-state index is 10.6. The fraction of sp³-hybridized carbons (Fsp3) is 0.333. The Labute approximate surface area is 59.5 Å². The van der Waals surface area contributed by atoms with Crippen LogP contribution in [0.4, 0.5) is 13.2 Å². The Balaban J connectivity index is 0. The SMILES string of the molecule is N#CS.O=C(O)C(F)(F)F. The van der Waals surface area contributed by atoms with Crippen molar-refractivity contribution in [2.75, 3.05) is 0 Å². The number of hydrogen-bond acceptors (Lipinski definition) is 3. The van der Waals surface area contributed by atoms with Crippen LogP contribution in [0, 0.1) is 10.7 Å². The Hall–Kier alpha value is -0.900. The van der Waals surface area contributed by atoms with E-state index in [1.54, 1.807) is 0 Å². The van der Waals surface area contributed by atoms with Gasteiger partial charge in [0.05, 0.1) is 0 Å². The summed E-state index contributed by atoms with van der Waals surface area (Å²) in [7, 11) is 0. The van der Waals surface area contributed by atoms with E-state index in [0.717, 1.165) is 0 Å². The van der Waals surface area contributed by atoms with Crippen molar-refractivity contribution >= 4 is 18.6 Å². The summed E-state index contributed by atoms with van der Waals surface area (Å²) in [5, 5.41) is 15.8. The summed E-state index contributed by atoms with van der Waals surface area (Å²) in [6.07, 6.45) is -5.08. The smallest absolute Gasteiger partial charge is 0.475 e. The van der Waals surface area contributed by atoms with Gasteiger partial charge in [-0.05, 0) is 0 Å². The van der Waals surface area contributed by atoms with Gasteiger partial charge in [-0.25, -0.2) is 4.79 Å². The zero-order valence-electron chi connectivity index (χ0n) is 4.38. The molecule has 0 saturated heterocycles. The van der Waals surface area contributed by atoms with E-state index in [0.29, 0.717) is 0 Å². The maximum absolute atomic E-state index is 10.6. The minimum atomic E-state index is -5.08. The molecule has 0 spiro atoms. The lowest BCUT2D eigenvalue weighted by molar-refractivity contribution is -0.192. The van der Waals surface area contributed by atoms with Gasteiger partial charge in [0.1, 0.15) is 5.40 Å². The van der Waals surface area contributed by atoms with Gasteiger partial charge >= 0.3 is 12.1 Å². The van der Waals surface area contributed by atoms with Gasteiger partial charge in [-0.1, -0.05) is 12.6 Å². The average molecular weight is 173 g/mol. The van der Waals surface area contributed by atoms with Crippen molar-refractivity contribution in [2.24, 2.45) is 0 Å². The van der Waals surface area contributed by atoms with E-state index in [-0.39, 0.29) is 0 Å². The van der Waals surface area contributed by atoms with Gasteiger partial charge in [-0.3, -0.25) is 0 Å². The van der Waals surface area contributed by atoms with Gasteiger partial charge in [0.25, 0.3) is 0 Å². The second kappa shape index (κ2) is 4.93. The topological polar surface area (TPSA) is 61.1 Å². The molecule has 0 bridgehead atoms. The molecule has 0 aliphatic rings. The summed E-state index contributed by atoms with van der Waals surface area (Å²) in [5.41, 5.74) is 0. The Bertz CT molecular complexity index is 149. The molecule has 0 heterocycles. The number of hydrogen-bond donors (Lipinski definition) is 2. The standard InChI is InChI=1S/C2HF3O2.CHNS/c3-2(4,5)1(6)7;2-1-3/h(H,6,7);3H. The van der Waals surface area contributed by atoms with Crippen molar-refractivity contribution < 1.29 is 23.1 Å². The molecule has 0 aromatic carbocycles. The van der Waals surface area contributed by atoms with Crippen LogP contribution in [0.25, 0.3) is 0 Å². The zero-order valence-corrected chi connectivity index (χ0v) is 5.28. The molecule has 0 aliphatic heterocycles. The van der Waals surface area contributed by atoms with Crippen LogP contribution in [-0.4, -0.2) is 17.3 Å². The lowest BCUT2D eigenvalue weighted by Gasteiger charge is -1.93.